The second-order valence-corrected chi connectivity index (χ2v) is 7.64. The van der Waals surface area contributed by atoms with Gasteiger partial charge in [0.15, 0.2) is 11.0 Å². The van der Waals surface area contributed by atoms with Gasteiger partial charge in [-0.1, -0.05) is 11.6 Å². The molecule has 2 fully saturated rings. The van der Waals surface area contributed by atoms with Gasteiger partial charge in [-0.15, -0.1) is 0 Å². The minimum absolute atomic E-state index is 0.0319. The van der Waals surface area contributed by atoms with Gasteiger partial charge in [-0.05, 0) is 19.3 Å². The highest BCUT2D eigenvalue weighted by molar-refractivity contribution is 6.30. The number of ether oxygens (including phenoxy) is 1. The minimum atomic E-state index is -2.86. The van der Waals surface area contributed by atoms with E-state index in [1.165, 1.54) is 11.1 Å². The van der Waals surface area contributed by atoms with Gasteiger partial charge in [0.25, 0.3) is 5.92 Å². The van der Waals surface area contributed by atoms with Crippen molar-refractivity contribution in [2.24, 2.45) is 5.41 Å². The Kier molecular flexibility index (Phi) is 4.54. The second kappa shape index (κ2) is 6.63. The molecule has 0 aromatic carbocycles. The number of pyridine rings is 1. The molecule has 146 valence electrons. The topological polar surface area (TPSA) is 71.4 Å². The predicted molar refractivity (Wildman–Crippen MR) is 92.9 cm³/mol. The number of alkyl halides is 2. The van der Waals surface area contributed by atoms with E-state index in [9.17, 15) is 18.3 Å². The highest BCUT2D eigenvalue weighted by atomic mass is 35.5. The van der Waals surface area contributed by atoms with Crippen LogP contribution in [0.25, 0.3) is 10.9 Å². The van der Waals surface area contributed by atoms with Crippen LogP contribution >= 0.6 is 11.6 Å². The van der Waals surface area contributed by atoms with Crippen LogP contribution in [0.3, 0.4) is 0 Å². The molecule has 0 atom stereocenters. The average Bonchev–Trinajstić information content (AvgIpc) is 3.42. The summed E-state index contributed by atoms with van der Waals surface area (Å²) < 4.78 is 47.8. The van der Waals surface area contributed by atoms with Gasteiger partial charge in [-0.25, -0.2) is 18.2 Å². The van der Waals surface area contributed by atoms with Crippen LogP contribution in [0, 0.1) is 11.2 Å². The number of nitrogens with zero attached hydrogens (tertiary/aromatic N) is 4. The van der Waals surface area contributed by atoms with Crippen molar-refractivity contribution >= 4 is 28.3 Å². The van der Waals surface area contributed by atoms with E-state index in [4.69, 9.17) is 16.3 Å². The van der Waals surface area contributed by atoms with Crippen LogP contribution in [0.2, 0.25) is 5.15 Å². The monoisotopic (exact) mass is 402 g/mol. The lowest BCUT2D eigenvalue weighted by molar-refractivity contribution is -0.0118. The average molecular weight is 403 g/mol. The quantitative estimate of drug-likeness (QED) is 0.774. The van der Waals surface area contributed by atoms with Crippen molar-refractivity contribution in [2.75, 3.05) is 31.2 Å². The summed E-state index contributed by atoms with van der Waals surface area (Å²) >= 11 is 5.75. The molecule has 1 saturated heterocycles. The number of piperidine rings is 1. The minimum Gasteiger partial charge on any atom is -0.463 e. The van der Waals surface area contributed by atoms with Crippen LogP contribution in [0.4, 0.5) is 19.0 Å². The number of halogens is 4. The van der Waals surface area contributed by atoms with Crippen molar-refractivity contribution in [2.45, 2.75) is 31.6 Å². The van der Waals surface area contributed by atoms with Crippen LogP contribution in [0.15, 0.2) is 6.20 Å². The van der Waals surface area contributed by atoms with Gasteiger partial charge in [-0.2, -0.15) is 9.97 Å². The Morgan fingerprint density at radius 2 is 2.04 bits per heavy atom. The lowest BCUT2D eigenvalue weighted by Gasteiger charge is -2.33. The molecule has 1 N–H and O–H groups in total. The number of hydrogen-bond donors (Lipinski definition) is 1. The van der Waals surface area contributed by atoms with E-state index in [1.54, 1.807) is 0 Å². The molecule has 0 amide bonds. The van der Waals surface area contributed by atoms with Crippen molar-refractivity contribution in [3.05, 3.63) is 17.2 Å². The van der Waals surface area contributed by atoms with Crippen LogP contribution in [0.5, 0.6) is 6.01 Å². The number of anilines is 1. The Bertz CT molecular complexity index is 879. The smallest absolute Gasteiger partial charge is 0.319 e. The summed E-state index contributed by atoms with van der Waals surface area (Å²) in [5.41, 5.74) is -0.455. The molecule has 0 radical (unpaired) electrons. The predicted octanol–water partition coefficient (Wildman–Crippen LogP) is 3.20. The van der Waals surface area contributed by atoms with Gasteiger partial charge in [-0.3, -0.25) is 0 Å². The standard InChI is InChI=1S/C17H18ClF3N4O2/c18-13-11(19)12-10(6-22-13)14(25-5-1-2-17(20,21)7-25)24-15(23-12)27-9-16(8-26)3-4-16/h6,26H,1-5,7-9H2. The number of hydrogen-bond acceptors (Lipinski definition) is 6. The maximum atomic E-state index is 14.5. The van der Waals surface area contributed by atoms with E-state index in [1.807, 2.05) is 0 Å². The van der Waals surface area contributed by atoms with E-state index < -0.39 is 18.3 Å². The molecule has 2 aliphatic rings. The molecule has 4 rings (SSSR count). The molecule has 3 heterocycles. The van der Waals surface area contributed by atoms with Crippen molar-refractivity contribution < 1.29 is 23.0 Å². The summed E-state index contributed by atoms with van der Waals surface area (Å²) in [7, 11) is 0. The summed E-state index contributed by atoms with van der Waals surface area (Å²) in [6.07, 6.45) is 2.99. The lowest BCUT2D eigenvalue weighted by atomic mass is 10.1. The first-order valence-electron chi connectivity index (χ1n) is 8.71. The zero-order chi connectivity index (χ0) is 19.2. The molecule has 1 saturated carbocycles. The maximum absolute atomic E-state index is 14.5. The summed E-state index contributed by atoms with van der Waals surface area (Å²) in [5, 5.41) is 9.24. The Labute approximate surface area is 158 Å². The SMILES string of the molecule is OCC1(COc2nc(N3CCCC(F)(F)C3)c3cnc(Cl)c(F)c3n2)CC1. The second-order valence-electron chi connectivity index (χ2n) is 7.28. The highest BCUT2D eigenvalue weighted by Gasteiger charge is 2.43. The summed E-state index contributed by atoms with van der Waals surface area (Å²) in [6.45, 7) is -0.0315. The third-order valence-electron chi connectivity index (χ3n) is 5.09. The maximum Gasteiger partial charge on any atom is 0.319 e. The molecule has 2 aromatic heterocycles. The molecular formula is C17H18ClF3N4O2. The first-order valence-corrected chi connectivity index (χ1v) is 9.09. The molecular weight excluding hydrogens is 385 g/mol. The van der Waals surface area contributed by atoms with Gasteiger partial charge in [0, 0.05) is 24.6 Å². The van der Waals surface area contributed by atoms with Crippen LogP contribution < -0.4 is 9.64 Å². The third kappa shape index (κ3) is 3.62. The van der Waals surface area contributed by atoms with E-state index in [0.29, 0.717) is 6.54 Å². The number of fused-ring (bicyclic) bond motifs is 1. The van der Waals surface area contributed by atoms with Crippen LogP contribution in [-0.2, 0) is 0 Å². The van der Waals surface area contributed by atoms with E-state index in [0.717, 1.165) is 12.8 Å². The van der Waals surface area contributed by atoms with Crippen LogP contribution in [0.1, 0.15) is 25.7 Å². The summed E-state index contributed by atoms with van der Waals surface area (Å²) in [4.78, 5) is 13.5. The Balaban J connectivity index is 1.74. The first-order chi connectivity index (χ1) is 12.8. The van der Waals surface area contributed by atoms with Crippen molar-refractivity contribution in [1.29, 1.82) is 0 Å². The van der Waals surface area contributed by atoms with E-state index in [-0.39, 0.29) is 59.4 Å². The molecule has 1 aliphatic heterocycles. The number of aliphatic hydroxyl groups is 1. The molecule has 1 aliphatic carbocycles. The number of aromatic nitrogens is 3. The van der Waals surface area contributed by atoms with E-state index >= 15 is 0 Å². The molecule has 27 heavy (non-hydrogen) atoms. The largest absolute Gasteiger partial charge is 0.463 e. The van der Waals surface area contributed by atoms with Crippen molar-refractivity contribution in [3.63, 3.8) is 0 Å². The summed E-state index contributed by atoms with van der Waals surface area (Å²) in [5.74, 6) is -3.56. The lowest BCUT2D eigenvalue weighted by Crippen LogP contribution is -2.43. The van der Waals surface area contributed by atoms with Gasteiger partial charge in [0.2, 0.25) is 0 Å². The highest BCUT2D eigenvalue weighted by Crippen LogP contribution is 2.45. The summed E-state index contributed by atoms with van der Waals surface area (Å²) in [6, 6.07) is -0.132. The molecule has 10 heteroatoms. The zero-order valence-corrected chi connectivity index (χ0v) is 15.1. The fraction of sp³-hybridized carbons (Fsp3) is 0.588. The van der Waals surface area contributed by atoms with Crippen molar-refractivity contribution in [3.8, 4) is 6.01 Å². The van der Waals surface area contributed by atoms with Gasteiger partial charge in [0.1, 0.15) is 11.3 Å². The zero-order valence-electron chi connectivity index (χ0n) is 14.4. The molecule has 2 aromatic rings. The first kappa shape index (κ1) is 18.5. The Hall–Kier alpha value is -1.87. The molecule has 6 nitrogen and oxygen atoms in total. The molecule has 0 unspecified atom stereocenters. The van der Waals surface area contributed by atoms with Crippen LogP contribution in [-0.4, -0.2) is 52.3 Å². The Morgan fingerprint density at radius 3 is 2.70 bits per heavy atom. The van der Waals surface area contributed by atoms with Gasteiger partial charge >= 0.3 is 6.01 Å². The van der Waals surface area contributed by atoms with Gasteiger partial charge < -0.3 is 14.7 Å². The number of rotatable bonds is 5. The fourth-order valence-electron chi connectivity index (χ4n) is 3.19. The normalized spacial score (nSPS) is 20.7. The Morgan fingerprint density at radius 1 is 1.26 bits per heavy atom. The molecule has 0 spiro atoms. The van der Waals surface area contributed by atoms with E-state index in [2.05, 4.69) is 15.0 Å². The fourth-order valence-corrected chi connectivity index (χ4v) is 3.33. The van der Waals surface area contributed by atoms with Crippen molar-refractivity contribution in [1.82, 2.24) is 15.0 Å². The third-order valence-corrected chi connectivity index (χ3v) is 5.36. The van der Waals surface area contributed by atoms with Gasteiger partial charge in [0.05, 0.1) is 25.1 Å². The molecule has 0 bridgehead atoms. The number of aliphatic hydroxyl groups excluding tert-OH is 1.